The zero-order valence-electron chi connectivity index (χ0n) is 25.4. The predicted octanol–water partition coefficient (Wildman–Crippen LogP) is 10.0. The van der Waals surface area contributed by atoms with E-state index < -0.39 is 11.9 Å². The van der Waals surface area contributed by atoms with E-state index in [1.54, 1.807) is 37.3 Å². The Labute approximate surface area is 268 Å². The maximum Gasteiger partial charge on any atom is 0.358 e. The molecule has 14 heteroatoms. The van der Waals surface area contributed by atoms with Gasteiger partial charge < -0.3 is 14.4 Å². The molecule has 0 N–H and O–H groups in total. The number of benzene rings is 2. The van der Waals surface area contributed by atoms with E-state index in [1.165, 1.54) is 17.8 Å². The van der Waals surface area contributed by atoms with Crippen molar-refractivity contribution in [2.45, 2.75) is 40.5 Å². The zero-order valence-corrected chi connectivity index (χ0v) is 27.0. The summed E-state index contributed by atoms with van der Waals surface area (Å²) < 4.78 is 10.1. The molecule has 0 radical (unpaired) electrons. The molecule has 0 spiro atoms. The van der Waals surface area contributed by atoms with Crippen molar-refractivity contribution in [1.29, 1.82) is 0 Å². The Kier molecular flexibility index (Phi) is 10.5. The lowest BCUT2D eigenvalue weighted by Crippen LogP contribution is -2.15. The number of aromatic nitrogens is 1. The van der Waals surface area contributed by atoms with Crippen molar-refractivity contribution in [3.05, 3.63) is 70.2 Å². The summed E-state index contributed by atoms with van der Waals surface area (Å²) in [7, 11) is 0. The van der Waals surface area contributed by atoms with Crippen LogP contribution in [0.4, 0.5) is 37.9 Å². The van der Waals surface area contributed by atoms with Crippen molar-refractivity contribution in [1.82, 2.24) is 4.98 Å². The van der Waals surface area contributed by atoms with Crippen LogP contribution < -0.4 is 4.90 Å². The van der Waals surface area contributed by atoms with Gasteiger partial charge in [-0.3, -0.25) is 0 Å². The number of rotatable bonds is 11. The van der Waals surface area contributed by atoms with Gasteiger partial charge in [-0.15, -0.1) is 20.5 Å². The number of nitrogens with zero attached hydrogens (tertiary/aromatic N) is 8. The SMILES string of the molecule is CCOC(=O)c1nc(/N=N/c2ccc(/N=N/c3ccc(/N=N/c4ccc(N5CCCC5)s4)cc3C)cc2C)sc1C(=O)OCC. The molecule has 2 aromatic carbocycles. The second-order valence-electron chi connectivity index (χ2n) is 9.96. The molecule has 1 saturated heterocycles. The molecular formula is C31H32N8O4S2. The van der Waals surface area contributed by atoms with E-state index in [0.717, 1.165) is 51.9 Å². The molecule has 2 aromatic heterocycles. The summed E-state index contributed by atoms with van der Waals surface area (Å²) in [6.07, 6.45) is 2.48. The van der Waals surface area contributed by atoms with Gasteiger partial charge in [0.15, 0.2) is 5.69 Å². The quantitative estimate of drug-likeness (QED) is 0.117. The average molecular weight is 645 g/mol. The lowest BCUT2D eigenvalue weighted by Gasteiger charge is -2.13. The summed E-state index contributed by atoms with van der Waals surface area (Å²) in [4.78, 5) is 31.2. The van der Waals surface area contributed by atoms with Gasteiger partial charge in [0.2, 0.25) is 5.13 Å². The van der Waals surface area contributed by atoms with E-state index >= 15 is 0 Å². The zero-order chi connectivity index (χ0) is 31.8. The third-order valence-electron chi connectivity index (χ3n) is 6.68. The molecule has 4 aromatic rings. The third-order valence-corrected chi connectivity index (χ3v) is 8.63. The summed E-state index contributed by atoms with van der Waals surface area (Å²) in [5.41, 5.74) is 4.28. The van der Waals surface area contributed by atoms with Gasteiger partial charge in [0.1, 0.15) is 9.88 Å². The van der Waals surface area contributed by atoms with Crippen LogP contribution >= 0.6 is 22.7 Å². The molecule has 0 amide bonds. The molecule has 3 heterocycles. The fraction of sp³-hybridized carbons (Fsp3) is 0.323. The predicted molar refractivity (Wildman–Crippen MR) is 175 cm³/mol. The van der Waals surface area contributed by atoms with Crippen LogP contribution in [0.3, 0.4) is 0 Å². The number of thiazole rings is 1. The smallest absolute Gasteiger partial charge is 0.358 e. The first-order chi connectivity index (χ1) is 21.8. The summed E-state index contributed by atoms with van der Waals surface area (Å²) >= 11 is 2.57. The second kappa shape index (κ2) is 14.9. The molecule has 12 nitrogen and oxygen atoms in total. The number of esters is 2. The highest BCUT2D eigenvalue weighted by Gasteiger charge is 2.25. The molecule has 45 heavy (non-hydrogen) atoms. The first-order valence-corrected chi connectivity index (χ1v) is 16.1. The van der Waals surface area contributed by atoms with Crippen molar-refractivity contribution in [2.75, 3.05) is 31.2 Å². The van der Waals surface area contributed by atoms with Gasteiger partial charge in [-0.2, -0.15) is 10.2 Å². The molecule has 0 unspecified atom stereocenters. The Morgan fingerprint density at radius 3 is 1.98 bits per heavy atom. The Hall–Kier alpha value is -4.69. The van der Waals surface area contributed by atoms with Crippen molar-refractivity contribution in [3.8, 4) is 0 Å². The highest BCUT2D eigenvalue weighted by molar-refractivity contribution is 7.19. The van der Waals surface area contributed by atoms with E-state index in [4.69, 9.17) is 9.47 Å². The summed E-state index contributed by atoms with van der Waals surface area (Å²) in [6.45, 7) is 9.69. The highest BCUT2D eigenvalue weighted by Crippen LogP contribution is 2.36. The summed E-state index contributed by atoms with van der Waals surface area (Å²) in [5, 5.41) is 28.3. The van der Waals surface area contributed by atoms with Gasteiger partial charge in [0.25, 0.3) is 0 Å². The second-order valence-corrected chi connectivity index (χ2v) is 12.0. The van der Waals surface area contributed by atoms with Crippen molar-refractivity contribution in [3.63, 3.8) is 0 Å². The van der Waals surface area contributed by atoms with Gasteiger partial charge in [0, 0.05) is 13.1 Å². The summed E-state index contributed by atoms with van der Waals surface area (Å²) in [6, 6.07) is 15.2. The molecule has 1 aliphatic heterocycles. The number of carbonyl (C=O) groups excluding carboxylic acids is 2. The standard InChI is InChI=1S/C31H32N8O4S2/c1-5-42-29(40)27-28(30(41)43-6-2)45-31(32-27)38-36-24-12-9-21(17-20(24)4)33-35-23-11-10-22(18-19(23)3)34-37-25-13-14-26(44-25)39-15-7-8-16-39/h9-14,17-18H,5-8,15-16H2,1-4H3/b35-33+,37-34+,38-36+. The van der Waals surface area contributed by atoms with Crippen molar-refractivity contribution < 1.29 is 19.1 Å². The summed E-state index contributed by atoms with van der Waals surface area (Å²) in [5.74, 6) is -1.38. The average Bonchev–Trinajstić information content (AvgIpc) is 3.81. The Balaban J connectivity index is 1.24. The van der Waals surface area contributed by atoms with Crippen LogP contribution in [0, 0.1) is 13.8 Å². The first-order valence-electron chi connectivity index (χ1n) is 14.5. The number of hydrogen-bond acceptors (Lipinski definition) is 14. The molecule has 0 bridgehead atoms. The topological polar surface area (TPSA) is 143 Å². The number of thiophene rings is 1. The maximum atomic E-state index is 12.3. The molecule has 232 valence electrons. The Bertz CT molecular complexity index is 1740. The molecule has 0 saturated carbocycles. The first kappa shape index (κ1) is 31.7. The third kappa shape index (κ3) is 8.08. The van der Waals surface area contributed by atoms with Gasteiger partial charge in [-0.25, -0.2) is 14.6 Å². The minimum absolute atomic E-state index is 0.0251. The van der Waals surface area contributed by atoms with Gasteiger partial charge in [-0.05, 0) is 100 Å². The van der Waals surface area contributed by atoms with E-state index in [1.807, 2.05) is 44.2 Å². The van der Waals surface area contributed by atoms with Crippen LogP contribution in [0.15, 0.2) is 79.2 Å². The van der Waals surface area contributed by atoms with E-state index in [2.05, 4.69) is 46.6 Å². The van der Waals surface area contributed by atoms with E-state index in [9.17, 15) is 9.59 Å². The number of hydrogen-bond donors (Lipinski definition) is 0. The Morgan fingerprint density at radius 2 is 1.36 bits per heavy atom. The minimum Gasteiger partial charge on any atom is -0.462 e. The molecule has 1 fully saturated rings. The number of carbonyl (C=O) groups is 2. The highest BCUT2D eigenvalue weighted by atomic mass is 32.1. The van der Waals surface area contributed by atoms with Crippen LogP contribution in [-0.2, 0) is 9.47 Å². The minimum atomic E-state index is -0.719. The Morgan fingerprint density at radius 1 is 0.756 bits per heavy atom. The normalized spacial score (nSPS) is 13.5. The largest absolute Gasteiger partial charge is 0.462 e. The monoisotopic (exact) mass is 644 g/mol. The van der Waals surface area contributed by atoms with Crippen LogP contribution in [0.5, 0.6) is 0 Å². The van der Waals surface area contributed by atoms with Gasteiger partial charge in [0.05, 0.1) is 41.0 Å². The van der Waals surface area contributed by atoms with Gasteiger partial charge in [-0.1, -0.05) is 22.7 Å². The fourth-order valence-corrected chi connectivity index (χ4v) is 6.10. The molecule has 1 aliphatic rings. The van der Waals surface area contributed by atoms with Gasteiger partial charge >= 0.3 is 11.9 Å². The van der Waals surface area contributed by atoms with Crippen LogP contribution in [0.2, 0.25) is 0 Å². The fourth-order valence-electron chi connectivity index (χ4n) is 4.45. The lowest BCUT2D eigenvalue weighted by atomic mass is 10.2. The van der Waals surface area contributed by atoms with E-state index in [-0.39, 0.29) is 28.9 Å². The van der Waals surface area contributed by atoms with Crippen molar-refractivity contribution >= 4 is 72.5 Å². The van der Waals surface area contributed by atoms with Crippen LogP contribution in [0.25, 0.3) is 0 Å². The number of anilines is 1. The molecular weight excluding hydrogens is 613 g/mol. The maximum absolute atomic E-state index is 12.3. The molecule has 0 aliphatic carbocycles. The van der Waals surface area contributed by atoms with Crippen LogP contribution in [-0.4, -0.2) is 43.2 Å². The number of ether oxygens (including phenoxy) is 2. The number of aryl methyl sites for hydroxylation is 2. The number of azo groups is 3. The molecule has 0 atom stereocenters. The van der Waals surface area contributed by atoms with Crippen LogP contribution in [0.1, 0.15) is 58.0 Å². The lowest BCUT2D eigenvalue weighted by molar-refractivity contribution is 0.0479. The molecule has 5 rings (SSSR count). The van der Waals surface area contributed by atoms with E-state index in [0.29, 0.717) is 11.4 Å². The van der Waals surface area contributed by atoms with Crippen molar-refractivity contribution in [2.24, 2.45) is 30.7 Å².